The fraction of sp³-hybridized carbons (Fsp3) is 0.154. The van der Waals surface area contributed by atoms with Crippen LogP contribution in [0.5, 0.6) is 0 Å². The van der Waals surface area contributed by atoms with E-state index in [0.717, 1.165) is 12.8 Å². The van der Waals surface area contributed by atoms with E-state index in [-0.39, 0.29) is 0 Å². The third kappa shape index (κ3) is 3.46. The van der Waals surface area contributed by atoms with Crippen LogP contribution < -0.4 is 0 Å². The molecule has 0 saturated heterocycles. The van der Waals surface area contributed by atoms with Crippen molar-refractivity contribution in [3.8, 4) is 28.2 Å². The van der Waals surface area contributed by atoms with Crippen LogP contribution in [0.2, 0.25) is 0 Å². The number of para-hydroxylation sites is 1. The van der Waals surface area contributed by atoms with Gasteiger partial charge in [-0.05, 0) is 59.4 Å². The highest BCUT2D eigenvalue weighted by Gasteiger charge is 2.13. The molecule has 1 heterocycles. The van der Waals surface area contributed by atoms with Gasteiger partial charge in [0.1, 0.15) is 0 Å². The van der Waals surface area contributed by atoms with E-state index in [1.165, 1.54) is 39.3 Å². The lowest BCUT2D eigenvalue weighted by molar-refractivity contribution is 1.09. The predicted octanol–water partition coefficient (Wildman–Crippen LogP) is 6.94. The molecule has 0 saturated carbocycles. The van der Waals surface area contributed by atoms with Gasteiger partial charge in [-0.1, -0.05) is 80.6 Å². The fourth-order valence-electron chi connectivity index (χ4n) is 3.57. The molecule has 4 aromatic rings. The van der Waals surface area contributed by atoms with Crippen LogP contribution in [0.1, 0.15) is 25.0 Å². The summed E-state index contributed by atoms with van der Waals surface area (Å²) in [4.78, 5) is 0. The summed E-state index contributed by atoms with van der Waals surface area (Å²) in [6, 6.07) is 32.9. The molecule has 0 fully saturated rings. The molecule has 0 spiro atoms. The van der Waals surface area contributed by atoms with E-state index in [9.17, 15) is 0 Å². The Labute approximate surface area is 161 Å². The predicted molar refractivity (Wildman–Crippen MR) is 115 cm³/mol. The summed E-state index contributed by atoms with van der Waals surface area (Å²) in [6.45, 7) is 4.39. The maximum absolute atomic E-state index is 2.36. The molecule has 0 atom stereocenters. The van der Waals surface area contributed by atoms with Crippen molar-refractivity contribution < 1.29 is 0 Å². The van der Waals surface area contributed by atoms with Crippen LogP contribution in [-0.4, -0.2) is 4.57 Å². The average Bonchev–Trinajstić information content (AvgIpc) is 3.19. The smallest absolute Gasteiger partial charge is 0.0535 e. The van der Waals surface area contributed by atoms with Gasteiger partial charge in [-0.25, -0.2) is 0 Å². The van der Waals surface area contributed by atoms with Crippen molar-refractivity contribution in [3.63, 3.8) is 0 Å². The topological polar surface area (TPSA) is 4.93 Å². The second-order valence-corrected chi connectivity index (χ2v) is 6.88. The zero-order chi connectivity index (χ0) is 18.6. The molecule has 134 valence electrons. The minimum Gasteiger partial charge on any atom is -0.309 e. The van der Waals surface area contributed by atoms with Gasteiger partial charge in [0.15, 0.2) is 0 Å². The number of hydrogen-bond acceptors (Lipinski definition) is 0. The van der Waals surface area contributed by atoms with Gasteiger partial charge in [0.05, 0.1) is 11.4 Å². The van der Waals surface area contributed by atoms with Gasteiger partial charge in [0.25, 0.3) is 0 Å². The number of hydrogen-bond donors (Lipinski definition) is 0. The van der Waals surface area contributed by atoms with Crippen LogP contribution in [0.25, 0.3) is 28.2 Å². The lowest BCUT2D eigenvalue weighted by Crippen LogP contribution is -1.99. The molecule has 27 heavy (non-hydrogen) atoms. The molecule has 3 aromatic carbocycles. The number of benzene rings is 3. The lowest BCUT2D eigenvalue weighted by Gasteiger charge is -2.15. The van der Waals surface area contributed by atoms with Crippen molar-refractivity contribution in [1.29, 1.82) is 0 Å². The molecule has 0 aliphatic heterocycles. The van der Waals surface area contributed by atoms with E-state index in [1.54, 1.807) is 0 Å². The van der Waals surface area contributed by atoms with E-state index in [1.807, 2.05) is 0 Å². The van der Waals surface area contributed by atoms with Crippen molar-refractivity contribution in [2.45, 2.75) is 26.7 Å². The minimum absolute atomic E-state index is 1.06. The summed E-state index contributed by atoms with van der Waals surface area (Å²) in [7, 11) is 0. The summed E-state index contributed by atoms with van der Waals surface area (Å²) in [5.74, 6) is 0. The zero-order valence-electron chi connectivity index (χ0n) is 16.0. The maximum atomic E-state index is 2.36. The molecule has 1 heteroatoms. The Hall–Kier alpha value is -3.06. The molecule has 0 amide bonds. The van der Waals surface area contributed by atoms with Gasteiger partial charge < -0.3 is 4.57 Å². The van der Waals surface area contributed by atoms with Gasteiger partial charge in [-0.15, -0.1) is 0 Å². The Morgan fingerprint density at radius 2 is 0.963 bits per heavy atom. The molecule has 1 nitrogen and oxygen atoms in total. The first-order chi connectivity index (χ1) is 13.3. The largest absolute Gasteiger partial charge is 0.309 e. The third-order valence-corrected chi connectivity index (χ3v) is 5.21. The highest BCUT2D eigenvalue weighted by Crippen LogP contribution is 2.32. The summed E-state index contributed by atoms with van der Waals surface area (Å²) in [5, 5.41) is 0. The number of nitrogens with zero attached hydrogens (tertiary/aromatic N) is 1. The Morgan fingerprint density at radius 3 is 1.37 bits per heavy atom. The molecule has 1 aromatic heterocycles. The summed E-state index contributed by atoms with van der Waals surface area (Å²) in [5.41, 5.74) is 8.85. The SMILES string of the molecule is CCc1ccc(-c2ccc(-c3ccc(CC)cc3)n2-c2ccccc2)cc1. The van der Waals surface area contributed by atoms with Gasteiger partial charge in [-0.3, -0.25) is 0 Å². The minimum atomic E-state index is 1.06. The van der Waals surface area contributed by atoms with E-state index in [4.69, 9.17) is 0 Å². The molecular formula is C26H25N. The Balaban J connectivity index is 1.87. The molecule has 0 bridgehead atoms. The summed E-state index contributed by atoms with van der Waals surface area (Å²) in [6.07, 6.45) is 2.13. The van der Waals surface area contributed by atoms with E-state index in [0.29, 0.717) is 0 Å². The Bertz CT molecular complexity index is 941. The summed E-state index contributed by atoms with van der Waals surface area (Å²) >= 11 is 0. The molecule has 0 aliphatic carbocycles. The normalized spacial score (nSPS) is 10.9. The number of aryl methyl sites for hydroxylation is 2. The number of rotatable bonds is 5. The van der Waals surface area contributed by atoms with Crippen LogP contribution in [0.15, 0.2) is 91.0 Å². The first-order valence-corrected chi connectivity index (χ1v) is 9.76. The van der Waals surface area contributed by atoms with Crippen molar-refractivity contribution in [2.24, 2.45) is 0 Å². The van der Waals surface area contributed by atoms with Gasteiger partial charge in [-0.2, -0.15) is 0 Å². The highest BCUT2D eigenvalue weighted by molar-refractivity contribution is 5.73. The zero-order valence-corrected chi connectivity index (χ0v) is 16.0. The molecule has 4 rings (SSSR count). The van der Waals surface area contributed by atoms with Crippen molar-refractivity contribution >= 4 is 0 Å². The van der Waals surface area contributed by atoms with Crippen molar-refractivity contribution in [1.82, 2.24) is 4.57 Å². The lowest BCUT2D eigenvalue weighted by atomic mass is 10.1. The van der Waals surface area contributed by atoms with Crippen LogP contribution in [0.3, 0.4) is 0 Å². The van der Waals surface area contributed by atoms with Crippen LogP contribution in [-0.2, 0) is 12.8 Å². The van der Waals surface area contributed by atoms with Crippen LogP contribution in [0.4, 0.5) is 0 Å². The maximum Gasteiger partial charge on any atom is 0.0535 e. The first kappa shape index (κ1) is 17.4. The monoisotopic (exact) mass is 351 g/mol. The van der Waals surface area contributed by atoms with Crippen molar-refractivity contribution in [2.75, 3.05) is 0 Å². The Morgan fingerprint density at radius 1 is 0.519 bits per heavy atom. The molecule has 0 aliphatic rings. The Kier molecular flexibility index (Phi) is 4.93. The second-order valence-electron chi connectivity index (χ2n) is 6.88. The summed E-state index contributed by atoms with van der Waals surface area (Å²) < 4.78 is 2.36. The molecular weight excluding hydrogens is 326 g/mol. The fourth-order valence-corrected chi connectivity index (χ4v) is 3.57. The second kappa shape index (κ2) is 7.67. The quantitative estimate of drug-likeness (QED) is 0.367. The van der Waals surface area contributed by atoms with Crippen molar-refractivity contribution in [3.05, 3.63) is 102 Å². The standard InChI is InChI=1S/C26H25N/c1-3-20-10-14-22(15-11-20)25-18-19-26(23-16-12-21(4-2)13-17-23)27(25)24-8-6-5-7-9-24/h5-19H,3-4H2,1-2H3. The van der Waals surface area contributed by atoms with Gasteiger partial charge >= 0.3 is 0 Å². The third-order valence-electron chi connectivity index (χ3n) is 5.21. The van der Waals surface area contributed by atoms with E-state index in [2.05, 4.69) is 109 Å². The van der Waals surface area contributed by atoms with Crippen LogP contribution in [0, 0.1) is 0 Å². The van der Waals surface area contributed by atoms with Crippen LogP contribution >= 0.6 is 0 Å². The number of aromatic nitrogens is 1. The van der Waals surface area contributed by atoms with E-state index < -0.39 is 0 Å². The average molecular weight is 351 g/mol. The molecule has 0 unspecified atom stereocenters. The van der Waals surface area contributed by atoms with Gasteiger partial charge in [0, 0.05) is 5.69 Å². The molecule has 0 radical (unpaired) electrons. The van der Waals surface area contributed by atoms with E-state index >= 15 is 0 Å². The van der Waals surface area contributed by atoms with Gasteiger partial charge in [0.2, 0.25) is 0 Å². The first-order valence-electron chi connectivity index (χ1n) is 9.76. The highest BCUT2D eigenvalue weighted by atomic mass is 15.0. The molecule has 0 N–H and O–H groups in total.